The van der Waals surface area contributed by atoms with Crippen molar-refractivity contribution in [3.05, 3.63) is 15.9 Å². The van der Waals surface area contributed by atoms with Gasteiger partial charge in [-0.1, -0.05) is 0 Å². The predicted octanol–water partition coefficient (Wildman–Crippen LogP) is 3.84. The highest BCUT2D eigenvalue weighted by Crippen LogP contribution is 2.33. The highest BCUT2D eigenvalue weighted by atomic mass is 79.9. The molecule has 18 heavy (non-hydrogen) atoms. The molecule has 0 radical (unpaired) electrons. The van der Waals surface area contributed by atoms with E-state index >= 15 is 0 Å². The van der Waals surface area contributed by atoms with Gasteiger partial charge in [-0.2, -0.15) is 0 Å². The Kier molecular flexibility index (Phi) is 4.67. The lowest BCUT2D eigenvalue weighted by Crippen LogP contribution is -2.29. The fraction of sp³-hybridized carbons (Fsp3) is 0.615. The Bertz CT molecular complexity index is 413. The number of halogens is 1. The molecule has 0 aliphatic heterocycles. The van der Waals surface area contributed by atoms with Gasteiger partial charge in [-0.3, -0.25) is 4.79 Å². The van der Waals surface area contributed by atoms with Gasteiger partial charge in [0.2, 0.25) is 0 Å². The smallest absolute Gasteiger partial charge is 0.306 e. The van der Waals surface area contributed by atoms with Crippen molar-refractivity contribution in [3.8, 4) is 0 Å². The molecule has 1 fully saturated rings. The SMILES string of the molecule is CN(CC1CCC(C(=O)O)CC1)c1ccc(Br)s1. The van der Waals surface area contributed by atoms with Gasteiger partial charge in [-0.05, 0) is 59.7 Å². The molecule has 0 atom stereocenters. The number of anilines is 1. The minimum absolute atomic E-state index is 0.109. The van der Waals surface area contributed by atoms with Crippen LogP contribution in [-0.2, 0) is 4.79 Å². The summed E-state index contributed by atoms with van der Waals surface area (Å²) in [6.45, 7) is 1.03. The van der Waals surface area contributed by atoms with E-state index in [2.05, 4.69) is 40.0 Å². The van der Waals surface area contributed by atoms with Crippen molar-refractivity contribution in [2.24, 2.45) is 11.8 Å². The fourth-order valence-electron chi connectivity index (χ4n) is 2.58. The third-order valence-corrected chi connectivity index (χ3v) is 5.40. The summed E-state index contributed by atoms with van der Waals surface area (Å²) in [6, 6.07) is 4.19. The number of aliphatic carboxylic acids is 1. The first kappa shape index (κ1) is 13.9. The number of rotatable bonds is 4. The highest BCUT2D eigenvalue weighted by Gasteiger charge is 2.26. The van der Waals surface area contributed by atoms with Crippen LogP contribution in [0.4, 0.5) is 5.00 Å². The molecule has 0 spiro atoms. The maximum Gasteiger partial charge on any atom is 0.306 e. The van der Waals surface area contributed by atoms with Gasteiger partial charge in [0.25, 0.3) is 0 Å². The van der Waals surface area contributed by atoms with Crippen molar-refractivity contribution in [2.75, 3.05) is 18.5 Å². The van der Waals surface area contributed by atoms with Crippen LogP contribution in [0.1, 0.15) is 25.7 Å². The number of carboxylic acid groups (broad SMARTS) is 1. The van der Waals surface area contributed by atoms with E-state index in [1.165, 1.54) is 5.00 Å². The summed E-state index contributed by atoms with van der Waals surface area (Å²) in [5, 5.41) is 10.2. The van der Waals surface area contributed by atoms with Crippen LogP contribution in [0, 0.1) is 11.8 Å². The van der Waals surface area contributed by atoms with Crippen molar-refractivity contribution in [3.63, 3.8) is 0 Å². The van der Waals surface area contributed by atoms with Crippen LogP contribution in [0.5, 0.6) is 0 Å². The van der Waals surface area contributed by atoms with E-state index in [1.807, 2.05) is 0 Å². The normalized spacial score (nSPS) is 23.9. The third kappa shape index (κ3) is 3.48. The molecule has 1 aliphatic carbocycles. The van der Waals surface area contributed by atoms with Crippen LogP contribution < -0.4 is 4.90 Å². The second-order valence-corrected chi connectivity index (χ2v) is 7.46. The molecule has 1 saturated carbocycles. The van der Waals surface area contributed by atoms with E-state index in [9.17, 15) is 4.79 Å². The number of hydrogen-bond acceptors (Lipinski definition) is 3. The average molecular weight is 332 g/mol. The largest absolute Gasteiger partial charge is 0.481 e. The van der Waals surface area contributed by atoms with E-state index in [4.69, 9.17) is 5.11 Å². The van der Waals surface area contributed by atoms with Gasteiger partial charge in [0.05, 0.1) is 14.7 Å². The summed E-state index contributed by atoms with van der Waals surface area (Å²) < 4.78 is 1.15. The van der Waals surface area contributed by atoms with Gasteiger partial charge >= 0.3 is 5.97 Å². The molecular formula is C13H18BrNO2S. The Morgan fingerprint density at radius 2 is 2.11 bits per heavy atom. The molecule has 1 heterocycles. The van der Waals surface area contributed by atoms with E-state index < -0.39 is 5.97 Å². The lowest BCUT2D eigenvalue weighted by Gasteiger charge is -2.29. The molecule has 3 nitrogen and oxygen atoms in total. The third-order valence-electron chi connectivity index (χ3n) is 3.66. The molecule has 0 amide bonds. The average Bonchev–Trinajstić information content (AvgIpc) is 2.76. The first-order valence-electron chi connectivity index (χ1n) is 6.25. The van der Waals surface area contributed by atoms with Crippen molar-refractivity contribution >= 4 is 38.2 Å². The molecule has 1 aromatic rings. The van der Waals surface area contributed by atoms with Crippen LogP contribution in [0.2, 0.25) is 0 Å². The Balaban J connectivity index is 1.83. The molecule has 5 heteroatoms. The van der Waals surface area contributed by atoms with Crippen LogP contribution in [0.3, 0.4) is 0 Å². The summed E-state index contributed by atoms with van der Waals surface area (Å²) in [6.07, 6.45) is 3.74. The summed E-state index contributed by atoms with van der Waals surface area (Å²) in [5.74, 6) is -0.0992. The lowest BCUT2D eigenvalue weighted by atomic mass is 9.82. The van der Waals surface area contributed by atoms with Gasteiger partial charge in [0.1, 0.15) is 0 Å². The first-order chi connectivity index (χ1) is 8.56. The monoisotopic (exact) mass is 331 g/mol. The molecule has 1 N–H and O–H groups in total. The van der Waals surface area contributed by atoms with Crippen molar-refractivity contribution in [1.29, 1.82) is 0 Å². The second kappa shape index (κ2) is 6.06. The Hall–Kier alpha value is -0.550. The van der Waals surface area contributed by atoms with E-state index in [1.54, 1.807) is 11.3 Å². The molecule has 1 aromatic heterocycles. The Morgan fingerprint density at radius 1 is 1.44 bits per heavy atom. The minimum Gasteiger partial charge on any atom is -0.481 e. The maximum absolute atomic E-state index is 10.9. The zero-order valence-electron chi connectivity index (χ0n) is 10.4. The molecule has 0 saturated heterocycles. The fourth-order valence-corrected chi connectivity index (χ4v) is 3.91. The Labute approximate surface area is 120 Å². The maximum atomic E-state index is 10.9. The summed E-state index contributed by atoms with van der Waals surface area (Å²) in [4.78, 5) is 13.2. The molecule has 0 unspecified atom stereocenters. The van der Waals surface area contributed by atoms with E-state index in [0.717, 1.165) is 36.0 Å². The molecule has 0 bridgehead atoms. The summed E-state index contributed by atoms with van der Waals surface area (Å²) in [5.41, 5.74) is 0. The number of hydrogen-bond donors (Lipinski definition) is 1. The van der Waals surface area contributed by atoms with Crippen LogP contribution >= 0.6 is 27.3 Å². The van der Waals surface area contributed by atoms with E-state index in [-0.39, 0.29) is 5.92 Å². The summed E-state index contributed by atoms with van der Waals surface area (Å²) in [7, 11) is 2.11. The van der Waals surface area contributed by atoms with Crippen LogP contribution in [0.15, 0.2) is 15.9 Å². The van der Waals surface area contributed by atoms with Crippen LogP contribution in [0.25, 0.3) is 0 Å². The second-order valence-electron chi connectivity index (χ2n) is 5.01. The standard InChI is InChI=1S/C13H18BrNO2S/c1-15(12-7-6-11(14)18-12)8-9-2-4-10(5-3-9)13(16)17/h6-7,9-10H,2-5,8H2,1H3,(H,16,17). The molecule has 1 aliphatic rings. The molecule has 0 aromatic carbocycles. The van der Waals surface area contributed by atoms with Gasteiger partial charge in [-0.15, -0.1) is 11.3 Å². The zero-order chi connectivity index (χ0) is 13.1. The van der Waals surface area contributed by atoms with Crippen molar-refractivity contribution in [2.45, 2.75) is 25.7 Å². The van der Waals surface area contributed by atoms with Crippen LogP contribution in [-0.4, -0.2) is 24.7 Å². The predicted molar refractivity (Wildman–Crippen MR) is 78.4 cm³/mol. The van der Waals surface area contributed by atoms with E-state index in [0.29, 0.717) is 5.92 Å². The van der Waals surface area contributed by atoms with Gasteiger partial charge in [0.15, 0.2) is 0 Å². The zero-order valence-corrected chi connectivity index (χ0v) is 12.8. The molecule has 2 rings (SSSR count). The topological polar surface area (TPSA) is 40.5 Å². The van der Waals surface area contributed by atoms with Gasteiger partial charge in [-0.25, -0.2) is 0 Å². The molecular weight excluding hydrogens is 314 g/mol. The Morgan fingerprint density at radius 3 is 2.61 bits per heavy atom. The highest BCUT2D eigenvalue weighted by molar-refractivity contribution is 9.11. The van der Waals surface area contributed by atoms with Crippen molar-refractivity contribution in [1.82, 2.24) is 0 Å². The number of nitrogens with zero attached hydrogens (tertiary/aromatic N) is 1. The summed E-state index contributed by atoms with van der Waals surface area (Å²) >= 11 is 5.21. The first-order valence-corrected chi connectivity index (χ1v) is 7.86. The lowest BCUT2D eigenvalue weighted by molar-refractivity contribution is -0.143. The van der Waals surface area contributed by atoms with Crippen molar-refractivity contribution < 1.29 is 9.90 Å². The van der Waals surface area contributed by atoms with Gasteiger partial charge < -0.3 is 10.0 Å². The number of thiophene rings is 1. The molecule has 100 valence electrons. The number of carboxylic acids is 1. The minimum atomic E-state index is -0.621. The quantitative estimate of drug-likeness (QED) is 0.911. The van der Waals surface area contributed by atoms with Gasteiger partial charge in [0, 0.05) is 13.6 Å². The number of carbonyl (C=O) groups is 1.